The fraction of sp³-hybridized carbons (Fsp3) is 0.308. The number of ether oxygens (including phenoxy) is 1. The Morgan fingerprint density at radius 3 is 2.41 bits per heavy atom. The molecule has 1 heterocycles. The molecule has 2 aliphatic rings. The van der Waals surface area contributed by atoms with Gasteiger partial charge in [-0.25, -0.2) is 0 Å². The zero-order chi connectivity index (χ0) is 24.8. The molecule has 1 aliphatic carbocycles. The first-order chi connectivity index (χ1) is 16.0. The highest BCUT2D eigenvalue weighted by Gasteiger charge is 2.45. The first kappa shape index (κ1) is 23.4. The van der Waals surface area contributed by atoms with Gasteiger partial charge in [0.25, 0.3) is 0 Å². The lowest BCUT2D eigenvalue weighted by molar-refractivity contribution is -0.137. The number of methoxy groups -OCH3 is 1. The highest BCUT2D eigenvalue weighted by molar-refractivity contribution is 6.01. The van der Waals surface area contributed by atoms with E-state index < -0.39 is 23.1 Å². The second-order valence-electron chi connectivity index (χ2n) is 9.30. The van der Waals surface area contributed by atoms with Gasteiger partial charge in [0.05, 0.1) is 30.2 Å². The van der Waals surface area contributed by atoms with Gasteiger partial charge in [-0.15, -0.1) is 0 Å². The first-order valence-electron chi connectivity index (χ1n) is 10.7. The van der Waals surface area contributed by atoms with E-state index in [0.29, 0.717) is 29.0 Å². The van der Waals surface area contributed by atoms with Crippen LogP contribution in [0.15, 0.2) is 71.2 Å². The van der Waals surface area contributed by atoms with Crippen LogP contribution in [0.2, 0.25) is 0 Å². The van der Waals surface area contributed by atoms with Crippen molar-refractivity contribution in [2.75, 3.05) is 12.0 Å². The number of nitrogens with zero attached hydrogens (tertiary/aromatic N) is 2. The fourth-order valence-corrected chi connectivity index (χ4v) is 4.75. The van der Waals surface area contributed by atoms with Crippen LogP contribution in [0.25, 0.3) is 0 Å². The van der Waals surface area contributed by atoms with Crippen molar-refractivity contribution < 1.29 is 22.7 Å². The zero-order valence-corrected chi connectivity index (χ0v) is 19.0. The van der Waals surface area contributed by atoms with E-state index in [-0.39, 0.29) is 29.3 Å². The number of nitrogens with two attached hydrogens (primary N) is 1. The van der Waals surface area contributed by atoms with Crippen LogP contribution < -0.4 is 15.4 Å². The van der Waals surface area contributed by atoms with Gasteiger partial charge >= 0.3 is 6.18 Å². The molecule has 0 unspecified atom stereocenters. The maximum absolute atomic E-state index is 13.5. The van der Waals surface area contributed by atoms with Crippen LogP contribution >= 0.6 is 0 Å². The van der Waals surface area contributed by atoms with Crippen molar-refractivity contribution in [3.8, 4) is 11.8 Å². The molecule has 0 aromatic heterocycles. The predicted octanol–water partition coefficient (Wildman–Crippen LogP) is 5.65. The van der Waals surface area contributed by atoms with E-state index >= 15 is 0 Å². The van der Waals surface area contributed by atoms with Gasteiger partial charge in [-0.2, -0.15) is 18.4 Å². The summed E-state index contributed by atoms with van der Waals surface area (Å²) in [5.74, 6) is -0.223. The average Bonchev–Trinajstić information content (AvgIpc) is 2.77. The molecule has 176 valence electrons. The quantitative estimate of drug-likeness (QED) is 0.631. The van der Waals surface area contributed by atoms with Gasteiger partial charge in [-0.3, -0.25) is 9.69 Å². The monoisotopic (exact) mass is 467 g/mol. The largest absolute Gasteiger partial charge is 0.497 e. The summed E-state index contributed by atoms with van der Waals surface area (Å²) in [6.45, 7) is 3.86. The number of alkyl halides is 3. The summed E-state index contributed by atoms with van der Waals surface area (Å²) < 4.78 is 45.6. The minimum absolute atomic E-state index is 0.0203. The van der Waals surface area contributed by atoms with Crippen molar-refractivity contribution in [1.82, 2.24) is 0 Å². The molecule has 1 atom stereocenters. The Morgan fingerprint density at radius 2 is 1.82 bits per heavy atom. The van der Waals surface area contributed by atoms with Crippen LogP contribution in [0.5, 0.6) is 5.75 Å². The van der Waals surface area contributed by atoms with Crippen molar-refractivity contribution in [3.05, 3.63) is 82.3 Å². The maximum Gasteiger partial charge on any atom is 0.416 e. The highest BCUT2D eigenvalue weighted by Crippen LogP contribution is 2.50. The molecule has 2 N–H and O–H groups in total. The third kappa shape index (κ3) is 4.03. The number of rotatable bonds is 3. The number of anilines is 1. The molecule has 0 fully saturated rings. The van der Waals surface area contributed by atoms with Gasteiger partial charge in [-0.1, -0.05) is 32.0 Å². The van der Waals surface area contributed by atoms with Crippen LogP contribution in [0.1, 0.15) is 43.7 Å². The van der Waals surface area contributed by atoms with Crippen LogP contribution in [0.4, 0.5) is 18.9 Å². The van der Waals surface area contributed by atoms with Gasteiger partial charge in [-0.05, 0) is 47.7 Å². The van der Waals surface area contributed by atoms with Gasteiger partial charge in [0.1, 0.15) is 11.6 Å². The van der Waals surface area contributed by atoms with Crippen LogP contribution in [-0.4, -0.2) is 12.9 Å². The molecule has 4 rings (SSSR count). The molecule has 34 heavy (non-hydrogen) atoms. The predicted molar refractivity (Wildman–Crippen MR) is 122 cm³/mol. The van der Waals surface area contributed by atoms with E-state index in [1.54, 1.807) is 24.3 Å². The van der Waals surface area contributed by atoms with Gasteiger partial charge in [0, 0.05) is 23.4 Å². The van der Waals surface area contributed by atoms with E-state index in [4.69, 9.17) is 10.5 Å². The smallest absolute Gasteiger partial charge is 0.416 e. The highest BCUT2D eigenvalue weighted by atomic mass is 19.4. The van der Waals surface area contributed by atoms with Crippen LogP contribution in [0.3, 0.4) is 0 Å². The third-order valence-electron chi connectivity index (χ3n) is 6.26. The first-order valence-corrected chi connectivity index (χ1v) is 10.7. The molecule has 0 saturated carbocycles. The number of hydrogen-bond donors (Lipinski definition) is 1. The number of benzene rings is 2. The topological polar surface area (TPSA) is 79.3 Å². The van der Waals surface area contributed by atoms with E-state index in [2.05, 4.69) is 6.07 Å². The van der Waals surface area contributed by atoms with E-state index in [1.807, 2.05) is 13.8 Å². The molecule has 2 aromatic carbocycles. The Morgan fingerprint density at radius 1 is 1.15 bits per heavy atom. The Hall–Kier alpha value is -3.73. The number of nitriles is 1. The van der Waals surface area contributed by atoms with Crippen molar-refractivity contribution in [2.45, 2.75) is 38.8 Å². The number of allylic oxidation sites excluding steroid dienone is 3. The summed E-state index contributed by atoms with van der Waals surface area (Å²) in [6, 6.07) is 13.9. The number of ketones is 1. The molecule has 0 spiro atoms. The summed E-state index contributed by atoms with van der Waals surface area (Å²) >= 11 is 0. The molecule has 1 aliphatic heterocycles. The molecule has 0 bridgehead atoms. The summed E-state index contributed by atoms with van der Waals surface area (Å²) in [5, 5.41) is 10.1. The Labute approximate surface area is 195 Å². The second-order valence-corrected chi connectivity index (χ2v) is 9.30. The zero-order valence-electron chi connectivity index (χ0n) is 19.0. The van der Waals surface area contributed by atoms with E-state index in [0.717, 1.165) is 12.1 Å². The van der Waals surface area contributed by atoms with Gasteiger partial charge < -0.3 is 10.5 Å². The van der Waals surface area contributed by atoms with E-state index in [9.17, 15) is 23.2 Å². The lowest BCUT2D eigenvalue weighted by Gasteiger charge is -2.43. The molecular weight excluding hydrogens is 443 g/mol. The van der Waals surface area contributed by atoms with Crippen molar-refractivity contribution in [2.24, 2.45) is 11.1 Å². The van der Waals surface area contributed by atoms with Crippen molar-refractivity contribution in [3.63, 3.8) is 0 Å². The minimum Gasteiger partial charge on any atom is -0.497 e. The molecular formula is C26H24F3N3O2. The second kappa shape index (κ2) is 8.24. The normalized spacial score (nSPS) is 20.2. The molecule has 0 saturated heterocycles. The SMILES string of the molecule is COc1ccc([C@H]2C(C#N)=C(N)N(c3cccc(C(F)(F)F)c3)C3=C2C(=O)CC(C)(C)C3)cc1. The number of carbonyl (C=O) groups is 1. The molecule has 0 radical (unpaired) electrons. The van der Waals surface area contributed by atoms with Crippen molar-refractivity contribution >= 4 is 11.5 Å². The van der Waals surface area contributed by atoms with Gasteiger partial charge in [0.15, 0.2) is 5.78 Å². The molecule has 0 amide bonds. The summed E-state index contributed by atoms with van der Waals surface area (Å²) in [4.78, 5) is 14.9. The fourth-order valence-electron chi connectivity index (χ4n) is 4.75. The number of hydrogen-bond acceptors (Lipinski definition) is 5. The molecule has 2 aromatic rings. The minimum atomic E-state index is -4.55. The number of Topliss-reactive ketones (excluding diaryl/α,β-unsaturated/α-hetero) is 1. The molecule has 8 heteroatoms. The lowest BCUT2D eigenvalue weighted by atomic mass is 9.68. The van der Waals surface area contributed by atoms with Crippen LogP contribution in [0, 0.1) is 16.7 Å². The standard InChI is InChI=1S/C26H24F3N3O2/c1-25(2)12-20-23(21(33)13-25)22(15-7-9-18(34-3)10-8-15)19(14-30)24(31)32(20)17-6-4-5-16(11-17)26(27,28)29/h4-11,22H,12-13,31H2,1-3H3/t22-/m0/s1. The summed E-state index contributed by atoms with van der Waals surface area (Å²) in [5.41, 5.74) is 7.10. The number of halogens is 3. The van der Waals surface area contributed by atoms with Gasteiger partial charge in [0.2, 0.25) is 0 Å². The average molecular weight is 467 g/mol. The maximum atomic E-state index is 13.5. The Bertz CT molecular complexity index is 1250. The third-order valence-corrected chi connectivity index (χ3v) is 6.26. The Kier molecular flexibility index (Phi) is 5.68. The van der Waals surface area contributed by atoms with Crippen LogP contribution in [-0.2, 0) is 11.0 Å². The van der Waals surface area contributed by atoms with E-state index in [1.165, 1.54) is 24.1 Å². The van der Waals surface area contributed by atoms with Crippen molar-refractivity contribution in [1.29, 1.82) is 5.26 Å². The Balaban J connectivity index is 1.97. The number of carbonyl (C=O) groups excluding carboxylic acids is 1. The summed E-state index contributed by atoms with van der Waals surface area (Å²) in [7, 11) is 1.54. The molecule has 5 nitrogen and oxygen atoms in total. The summed E-state index contributed by atoms with van der Waals surface area (Å²) in [6.07, 6.45) is -3.88. The lowest BCUT2D eigenvalue weighted by Crippen LogP contribution is -2.42.